The molecule has 0 bridgehead atoms. The monoisotopic (exact) mass is 305 g/mol. The number of aromatic nitrogens is 2. The SMILES string of the molecule is CC(C)CN(CCn1cccn1)CC(O)c1ccc(F)cc1. The molecule has 22 heavy (non-hydrogen) atoms. The highest BCUT2D eigenvalue weighted by atomic mass is 19.1. The van der Waals surface area contributed by atoms with Gasteiger partial charge in [0.1, 0.15) is 5.82 Å². The van der Waals surface area contributed by atoms with E-state index in [1.54, 1.807) is 18.3 Å². The molecule has 0 radical (unpaired) electrons. The summed E-state index contributed by atoms with van der Waals surface area (Å²) in [5.74, 6) is 0.228. The van der Waals surface area contributed by atoms with Gasteiger partial charge in [-0.15, -0.1) is 0 Å². The van der Waals surface area contributed by atoms with Crippen molar-refractivity contribution in [2.75, 3.05) is 19.6 Å². The van der Waals surface area contributed by atoms with Gasteiger partial charge in [0.15, 0.2) is 0 Å². The fourth-order valence-corrected chi connectivity index (χ4v) is 2.49. The summed E-state index contributed by atoms with van der Waals surface area (Å²) in [5, 5.41) is 14.6. The summed E-state index contributed by atoms with van der Waals surface area (Å²) in [5.41, 5.74) is 0.745. The Hall–Kier alpha value is -1.72. The van der Waals surface area contributed by atoms with Gasteiger partial charge in [-0.05, 0) is 29.7 Å². The Balaban J connectivity index is 1.94. The van der Waals surface area contributed by atoms with Crippen LogP contribution in [0.4, 0.5) is 4.39 Å². The minimum absolute atomic E-state index is 0.284. The number of nitrogens with zero attached hydrogens (tertiary/aromatic N) is 3. The van der Waals surface area contributed by atoms with Crippen LogP contribution in [0, 0.1) is 11.7 Å². The molecule has 2 rings (SSSR count). The second kappa shape index (κ2) is 8.06. The van der Waals surface area contributed by atoms with Crippen LogP contribution in [0.3, 0.4) is 0 Å². The van der Waals surface area contributed by atoms with E-state index in [0.717, 1.165) is 25.2 Å². The van der Waals surface area contributed by atoms with Crippen LogP contribution in [0.1, 0.15) is 25.5 Å². The maximum absolute atomic E-state index is 13.0. The van der Waals surface area contributed by atoms with Crippen LogP contribution in [0.15, 0.2) is 42.7 Å². The van der Waals surface area contributed by atoms with Gasteiger partial charge in [0.05, 0.1) is 12.6 Å². The first kappa shape index (κ1) is 16.6. The van der Waals surface area contributed by atoms with Crippen molar-refractivity contribution in [2.24, 2.45) is 5.92 Å². The van der Waals surface area contributed by atoms with E-state index in [-0.39, 0.29) is 5.82 Å². The molecule has 1 unspecified atom stereocenters. The Bertz CT molecular complexity index is 540. The molecular weight excluding hydrogens is 281 g/mol. The molecule has 0 aliphatic heterocycles. The van der Waals surface area contributed by atoms with Crippen molar-refractivity contribution >= 4 is 0 Å². The number of hydrogen-bond acceptors (Lipinski definition) is 3. The highest BCUT2D eigenvalue weighted by Gasteiger charge is 2.15. The topological polar surface area (TPSA) is 41.3 Å². The third-order valence-corrected chi connectivity index (χ3v) is 3.51. The number of aliphatic hydroxyl groups is 1. The van der Waals surface area contributed by atoms with E-state index in [4.69, 9.17) is 0 Å². The lowest BCUT2D eigenvalue weighted by Crippen LogP contribution is -2.34. The molecule has 2 aromatic rings. The summed E-state index contributed by atoms with van der Waals surface area (Å²) in [6, 6.07) is 7.95. The summed E-state index contributed by atoms with van der Waals surface area (Å²) < 4.78 is 14.8. The van der Waals surface area contributed by atoms with Gasteiger partial charge in [-0.25, -0.2) is 4.39 Å². The van der Waals surface area contributed by atoms with Crippen molar-refractivity contribution in [3.63, 3.8) is 0 Å². The molecule has 0 amide bonds. The highest BCUT2D eigenvalue weighted by Crippen LogP contribution is 2.15. The van der Waals surface area contributed by atoms with Gasteiger partial charge in [0, 0.05) is 32.0 Å². The fraction of sp³-hybridized carbons (Fsp3) is 0.471. The van der Waals surface area contributed by atoms with Crippen LogP contribution < -0.4 is 0 Å². The maximum atomic E-state index is 13.0. The van der Waals surface area contributed by atoms with Gasteiger partial charge >= 0.3 is 0 Å². The van der Waals surface area contributed by atoms with Gasteiger partial charge in [-0.2, -0.15) is 5.10 Å². The number of rotatable bonds is 8. The van der Waals surface area contributed by atoms with Crippen LogP contribution in [0.25, 0.3) is 0 Å². The Kier molecular flexibility index (Phi) is 6.10. The van der Waals surface area contributed by atoms with Crippen LogP contribution >= 0.6 is 0 Å². The summed E-state index contributed by atoms with van der Waals surface area (Å²) in [6.45, 7) is 7.36. The van der Waals surface area contributed by atoms with Crippen LogP contribution in [-0.4, -0.2) is 39.4 Å². The van der Waals surface area contributed by atoms with E-state index in [2.05, 4.69) is 23.8 Å². The minimum Gasteiger partial charge on any atom is -0.387 e. The molecule has 1 N–H and O–H groups in total. The molecule has 1 aromatic carbocycles. The third kappa shape index (κ3) is 5.24. The molecule has 0 fully saturated rings. The average Bonchev–Trinajstić information content (AvgIpc) is 2.98. The molecule has 1 aromatic heterocycles. The molecule has 5 heteroatoms. The molecule has 0 aliphatic rings. The number of hydrogen-bond donors (Lipinski definition) is 1. The van der Waals surface area contributed by atoms with Crippen LogP contribution in [0.5, 0.6) is 0 Å². The maximum Gasteiger partial charge on any atom is 0.123 e. The van der Waals surface area contributed by atoms with E-state index in [1.165, 1.54) is 12.1 Å². The first-order valence-corrected chi connectivity index (χ1v) is 7.68. The smallest absolute Gasteiger partial charge is 0.123 e. The standard InChI is InChI=1S/C17H24FN3O/c1-14(2)12-20(10-11-21-9-3-8-19-21)13-17(22)15-4-6-16(18)7-5-15/h3-9,14,17,22H,10-13H2,1-2H3. The molecule has 1 heterocycles. The zero-order chi connectivity index (χ0) is 15.9. The fourth-order valence-electron chi connectivity index (χ4n) is 2.49. The number of benzene rings is 1. The molecule has 0 saturated heterocycles. The van der Waals surface area contributed by atoms with E-state index in [0.29, 0.717) is 12.5 Å². The lowest BCUT2D eigenvalue weighted by atomic mass is 10.1. The first-order chi connectivity index (χ1) is 10.5. The highest BCUT2D eigenvalue weighted by molar-refractivity contribution is 5.18. The Morgan fingerprint density at radius 3 is 2.55 bits per heavy atom. The van der Waals surface area contributed by atoms with E-state index < -0.39 is 6.10 Å². The predicted molar refractivity (Wildman–Crippen MR) is 84.9 cm³/mol. The van der Waals surface area contributed by atoms with Gasteiger partial charge in [-0.1, -0.05) is 26.0 Å². The van der Waals surface area contributed by atoms with Crippen molar-refractivity contribution in [3.05, 3.63) is 54.1 Å². The van der Waals surface area contributed by atoms with Crippen molar-refractivity contribution in [2.45, 2.75) is 26.5 Å². The molecule has 0 spiro atoms. The summed E-state index contributed by atoms with van der Waals surface area (Å²) in [6.07, 6.45) is 3.08. The largest absolute Gasteiger partial charge is 0.387 e. The van der Waals surface area contributed by atoms with E-state index >= 15 is 0 Å². The normalized spacial score (nSPS) is 13.0. The quantitative estimate of drug-likeness (QED) is 0.815. The van der Waals surface area contributed by atoms with Crippen LogP contribution in [0.2, 0.25) is 0 Å². The summed E-state index contributed by atoms with van der Waals surface area (Å²) >= 11 is 0. The summed E-state index contributed by atoms with van der Waals surface area (Å²) in [4.78, 5) is 2.22. The average molecular weight is 305 g/mol. The number of halogens is 1. The zero-order valence-corrected chi connectivity index (χ0v) is 13.2. The van der Waals surface area contributed by atoms with Gasteiger partial charge in [0.25, 0.3) is 0 Å². The van der Waals surface area contributed by atoms with Crippen molar-refractivity contribution in [1.82, 2.24) is 14.7 Å². The second-order valence-corrected chi connectivity index (χ2v) is 5.99. The van der Waals surface area contributed by atoms with Crippen molar-refractivity contribution in [3.8, 4) is 0 Å². The van der Waals surface area contributed by atoms with Crippen molar-refractivity contribution < 1.29 is 9.50 Å². The zero-order valence-electron chi connectivity index (χ0n) is 13.2. The Morgan fingerprint density at radius 1 is 1.23 bits per heavy atom. The molecule has 4 nitrogen and oxygen atoms in total. The molecule has 120 valence electrons. The van der Waals surface area contributed by atoms with E-state index in [1.807, 2.05) is 16.9 Å². The number of aliphatic hydroxyl groups excluding tert-OH is 1. The second-order valence-electron chi connectivity index (χ2n) is 5.99. The third-order valence-electron chi connectivity index (χ3n) is 3.51. The molecule has 0 saturated carbocycles. The molecule has 1 atom stereocenters. The Morgan fingerprint density at radius 2 is 1.95 bits per heavy atom. The first-order valence-electron chi connectivity index (χ1n) is 7.68. The predicted octanol–water partition coefficient (Wildman–Crippen LogP) is 2.71. The molecule has 0 aliphatic carbocycles. The lowest BCUT2D eigenvalue weighted by molar-refractivity contribution is 0.103. The van der Waals surface area contributed by atoms with Gasteiger partial charge < -0.3 is 5.11 Å². The molecular formula is C17H24FN3O. The Labute approximate surface area is 131 Å². The van der Waals surface area contributed by atoms with E-state index in [9.17, 15) is 9.50 Å². The lowest BCUT2D eigenvalue weighted by Gasteiger charge is -2.27. The van der Waals surface area contributed by atoms with Gasteiger partial charge in [0.2, 0.25) is 0 Å². The van der Waals surface area contributed by atoms with Crippen molar-refractivity contribution in [1.29, 1.82) is 0 Å². The van der Waals surface area contributed by atoms with Gasteiger partial charge in [-0.3, -0.25) is 9.58 Å². The summed E-state index contributed by atoms with van der Waals surface area (Å²) in [7, 11) is 0. The van der Waals surface area contributed by atoms with Crippen LogP contribution in [-0.2, 0) is 6.54 Å². The minimum atomic E-state index is -0.614.